The smallest absolute Gasteiger partial charge is 0.253 e. The van der Waals surface area contributed by atoms with Crippen LogP contribution in [0.4, 0.5) is 0 Å². The van der Waals surface area contributed by atoms with Crippen molar-refractivity contribution < 1.29 is 9.59 Å². The Morgan fingerprint density at radius 2 is 1.79 bits per heavy atom. The first kappa shape index (κ1) is 18.5. The molecule has 0 bridgehead atoms. The average Bonchev–Trinajstić information content (AvgIpc) is 2.65. The van der Waals surface area contributed by atoms with E-state index in [1.54, 1.807) is 0 Å². The number of nitrogens with one attached hydrogen (secondary N) is 1. The van der Waals surface area contributed by atoms with Crippen molar-refractivity contribution in [3.8, 4) is 0 Å². The number of benzene rings is 1. The predicted molar refractivity (Wildman–Crippen MR) is 95.9 cm³/mol. The van der Waals surface area contributed by atoms with E-state index in [2.05, 4.69) is 12.2 Å². The number of rotatable bonds is 8. The zero-order valence-corrected chi connectivity index (χ0v) is 14.7. The van der Waals surface area contributed by atoms with Crippen LogP contribution in [0.2, 0.25) is 0 Å². The molecule has 5 heteroatoms. The van der Waals surface area contributed by atoms with Gasteiger partial charge in [-0.25, -0.2) is 0 Å². The van der Waals surface area contributed by atoms with Crippen LogP contribution in [0.25, 0.3) is 0 Å². The van der Waals surface area contributed by atoms with Crippen LogP contribution in [0.5, 0.6) is 0 Å². The molecule has 1 aromatic rings. The van der Waals surface area contributed by atoms with Crippen LogP contribution in [-0.2, 0) is 4.79 Å². The summed E-state index contributed by atoms with van der Waals surface area (Å²) in [6.45, 7) is 6.61. The number of carbonyl (C=O) groups is 2. The summed E-state index contributed by atoms with van der Waals surface area (Å²) in [6.07, 6.45) is 3.61. The molecule has 0 spiro atoms. The summed E-state index contributed by atoms with van der Waals surface area (Å²) in [5, 5.41) is 3.25. The lowest BCUT2D eigenvalue weighted by Crippen LogP contribution is -2.47. The topological polar surface area (TPSA) is 52.7 Å². The molecule has 5 nitrogen and oxygen atoms in total. The Hall–Kier alpha value is -1.88. The van der Waals surface area contributed by atoms with Gasteiger partial charge < -0.3 is 15.1 Å². The molecule has 1 fully saturated rings. The van der Waals surface area contributed by atoms with Crippen molar-refractivity contribution in [1.29, 1.82) is 0 Å². The summed E-state index contributed by atoms with van der Waals surface area (Å²) in [6, 6.07) is 9.35. The number of hydrogen-bond donors (Lipinski definition) is 1. The highest BCUT2D eigenvalue weighted by Gasteiger charge is 2.20. The van der Waals surface area contributed by atoms with Crippen LogP contribution < -0.4 is 5.32 Å². The second-order valence-corrected chi connectivity index (χ2v) is 6.25. The maximum absolute atomic E-state index is 12.7. The Labute approximate surface area is 145 Å². The molecule has 0 atom stereocenters. The lowest BCUT2D eigenvalue weighted by molar-refractivity contribution is -0.131. The van der Waals surface area contributed by atoms with E-state index in [0.717, 1.165) is 52.0 Å². The minimum Gasteiger partial charge on any atom is -0.340 e. The van der Waals surface area contributed by atoms with Crippen molar-refractivity contribution >= 4 is 11.8 Å². The third kappa shape index (κ3) is 5.64. The number of amides is 2. The first-order chi connectivity index (χ1) is 11.7. The Kier molecular flexibility index (Phi) is 7.75. The first-order valence-electron chi connectivity index (χ1n) is 9.05. The van der Waals surface area contributed by atoms with Crippen molar-refractivity contribution in [2.24, 2.45) is 0 Å². The summed E-state index contributed by atoms with van der Waals surface area (Å²) in [4.78, 5) is 28.8. The SMILES string of the molecule is CCCCCN(CCC(=O)N1CCNCC1)C(=O)c1ccccc1. The van der Waals surface area contributed by atoms with Gasteiger partial charge in [-0.15, -0.1) is 0 Å². The number of hydrogen-bond acceptors (Lipinski definition) is 3. The first-order valence-corrected chi connectivity index (χ1v) is 9.05. The second-order valence-electron chi connectivity index (χ2n) is 6.25. The maximum Gasteiger partial charge on any atom is 0.253 e. The van der Waals surface area contributed by atoms with E-state index in [9.17, 15) is 9.59 Å². The Bertz CT molecular complexity index is 513. The normalized spacial score (nSPS) is 14.5. The molecule has 1 heterocycles. The zero-order valence-electron chi connectivity index (χ0n) is 14.7. The lowest BCUT2D eigenvalue weighted by Gasteiger charge is -2.29. The highest BCUT2D eigenvalue weighted by Crippen LogP contribution is 2.09. The largest absolute Gasteiger partial charge is 0.340 e. The fourth-order valence-electron chi connectivity index (χ4n) is 2.93. The van der Waals surface area contributed by atoms with E-state index >= 15 is 0 Å². The average molecular weight is 331 g/mol. The van der Waals surface area contributed by atoms with Gasteiger partial charge in [-0.3, -0.25) is 9.59 Å². The fourth-order valence-corrected chi connectivity index (χ4v) is 2.93. The molecule has 1 N–H and O–H groups in total. The van der Waals surface area contributed by atoms with Crippen molar-refractivity contribution in [2.45, 2.75) is 32.6 Å². The molecule has 0 aromatic heterocycles. The molecule has 1 aromatic carbocycles. The van der Waals surface area contributed by atoms with Crippen molar-refractivity contribution in [1.82, 2.24) is 15.1 Å². The molecule has 0 aliphatic carbocycles. The Balaban J connectivity index is 1.92. The summed E-state index contributed by atoms with van der Waals surface area (Å²) >= 11 is 0. The van der Waals surface area contributed by atoms with Gasteiger partial charge in [0.25, 0.3) is 5.91 Å². The number of unbranched alkanes of at least 4 members (excludes halogenated alkanes) is 2. The molecule has 0 radical (unpaired) electrons. The standard InChI is InChI=1S/C19H29N3O2/c1-2-3-7-13-22(19(24)17-8-5-4-6-9-17)14-10-18(23)21-15-11-20-12-16-21/h4-6,8-9,20H,2-3,7,10-16H2,1H3. The van der Waals surface area contributed by atoms with Gasteiger partial charge in [0, 0.05) is 51.3 Å². The predicted octanol–water partition coefficient (Wildman–Crippen LogP) is 2.14. The molecular weight excluding hydrogens is 302 g/mol. The van der Waals surface area contributed by atoms with Crippen LogP contribution in [0.15, 0.2) is 30.3 Å². The number of piperazine rings is 1. The van der Waals surface area contributed by atoms with Gasteiger partial charge in [-0.2, -0.15) is 0 Å². The van der Waals surface area contributed by atoms with E-state index in [1.807, 2.05) is 40.1 Å². The quantitative estimate of drug-likeness (QED) is 0.743. The third-order valence-electron chi connectivity index (χ3n) is 4.40. The highest BCUT2D eigenvalue weighted by molar-refractivity contribution is 5.94. The van der Waals surface area contributed by atoms with E-state index < -0.39 is 0 Å². The molecular formula is C19H29N3O2. The molecule has 24 heavy (non-hydrogen) atoms. The Morgan fingerprint density at radius 1 is 1.08 bits per heavy atom. The van der Waals surface area contributed by atoms with E-state index in [0.29, 0.717) is 18.5 Å². The second kappa shape index (κ2) is 10.1. The van der Waals surface area contributed by atoms with Crippen molar-refractivity contribution in [3.05, 3.63) is 35.9 Å². The van der Waals surface area contributed by atoms with Gasteiger partial charge in [-0.1, -0.05) is 38.0 Å². The number of carbonyl (C=O) groups excluding carboxylic acids is 2. The molecule has 2 rings (SSSR count). The Morgan fingerprint density at radius 3 is 2.46 bits per heavy atom. The summed E-state index contributed by atoms with van der Waals surface area (Å²) in [5.74, 6) is 0.178. The third-order valence-corrected chi connectivity index (χ3v) is 4.40. The van der Waals surface area contributed by atoms with Crippen LogP contribution in [-0.4, -0.2) is 60.9 Å². The van der Waals surface area contributed by atoms with Crippen molar-refractivity contribution in [2.75, 3.05) is 39.3 Å². The monoisotopic (exact) mass is 331 g/mol. The van der Waals surface area contributed by atoms with Crippen LogP contribution >= 0.6 is 0 Å². The van der Waals surface area contributed by atoms with E-state index in [4.69, 9.17) is 0 Å². The summed E-state index contributed by atoms with van der Waals surface area (Å²) < 4.78 is 0. The molecule has 1 aliphatic rings. The number of nitrogens with zero attached hydrogens (tertiary/aromatic N) is 2. The van der Waals surface area contributed by atoms with Crippen LogP contribution in [0, 0.1) is 0 Å². The lowest BCUT2D eigenvalue weighted by atomic mass is 10.1. The van der Waals surface area contributed by atoms with Gasteiger partial charge in [-0.05, 0) is 18.6 Å². The molecule has 132 valence electrons. The minimum absolute atomic E-state index is 0.0276. The van der Waals surface area contributed by atoms with Gasteiger partial charge in [0.15, 0.2) is 0 Å². The molecule has 0 saturated carbocycles. The van der Waals surface area contributed by atoms with Crippen LogP contribution in [0.1, 0.15) is 43.0 Å². The summed E-state index contributed by atoms with van der Waals surface area (Å²) in [5.41, 5.74) is 0.698. The zero-order chi connectivity index (χ0) is 17.2. The van der Waals surface area contributed by atoms with Gasteiger partial charge in [0.2, 0.25) is 5.91 Å². The van der Waals surface area contributed by atoms with Gasteiger partial charge >= 0.3 is 0 Å². The van der Waals surface area contributed by atoms with Crippen molar-refractivity contribution in [3.63, 3.8) is 0 Å². The van der Waals surface area contributed by atoms with Gasteiger partial charge in [0.05, 0.1) is 0 Å². The molecule has 2 amide bonds. The summed E-state index contributed by atoms with van der Waals surface area (Å²) in [7, 11) is 0. The van der Waals surface area contributed by atoms with Gasteiger partial charge in [0.1, 0.15) is 0 Å². The highest BCUT2D eigenvalue weighted by atomic mass is 16.2. The molecule has 1 saturated heterocycles. The van der Waals surface area contributed by atoms with E-state index in [-0.39, 0.29) is 11.8 Å². The molecule has 0 unspecified atom stereocenters. The fraction of sp³-hybridized carbons (Fsp3) is 0.579. The van der Waals surface area contributed by atoms with E-state index in [1.165, 1.54) is 0 Å². The van der Waals surface area contributed by atoms with Crippen LogP contribution in [0.3, 0.4) is 0 Å². The molecule has 1 aliphatic heterocycles. The minimum atomic E-state index is 0.0276. The maximum atomic E-state index is 12.7.